The maximum absolute atomic E-state index is 5.53. The molecule has 6 rings (SSSR count). The lowest BCUT2D eigenvalue weighted by Gasteiger charge is -2.11. The van der Waals surface area contributed by atoms with Crippen molar-refractivity contribution in [2.45, 2.75) is 32.2 Å². The average molecular weight is 451 g/mol. The van der Waals surface area contributed by atoms with Gasteiger partial charge in [0.2, 0.25) is 5.88 Å². The van der Waals surface area contributed by atoms with E-state index in [0.29, 0.717) is 24.2 Å². The van der Waals surface area contributed by atoms with Crippen LogP contribution in [0.15, 0.2) is 55.2 Å². The van der Waals surface area contributed by atoms with Gasteiger partial charge in [-0.15, -0.1) is 0 Å². The fraction of sp³-hybridized carbons (Fsp3) is 0.240. The third-order valence-electron chi connectivity index (χ3n) is 5.94. The maximum atomic E-state index is 5.53. The maximum Gasteiger partial charge on any atom is 0.227 e. The van der Waals surface area contributed by atoms with Crippen molar-refractivity contribution in [1.29, 1.82) is 0 Å². The molecule has 0 bridgehead atoms. The molecule has 1 saturated carbocycles. The van der Waals surface area contributed by atoms with Crippen LogP contribution in [0.2, 0.25) is 0 Å². The largest absolute Gasteiger partial charge is 0.480 e. The molecule has 0 atom stereocenters. The highest BCUT2D eigenvalue weighted by Crippen LogP contribution is 2.44. The third kappa shape index (κ3) is 3.75. The van der Waals surface area contributed by atoms with Gasteiger partial charge >= 0.3 is 0 Å². The predicted molar refractivity (Wildman–Crippen MR) is 126 cm³/mol. The minimum atomic E-state index is 0.409. The van der Waals surface area contributed by atoms with E-state index < -0.39 is 0 Å². The molecule has 1 aromatic carbocycles. The van der Waals surface area contributed by atoms with Crippen LogP contribution in [0, 0.1) is 6.92 Å². The highest BCUT2D eigenvalue weighted by atomic mass is 16.5. The van der Waals surface area contributed by atoms with Crippen molar-refractivity contribution >= 4 is 11.0 Å². The number of fused-ring (bicyclic) bond motifs is 1. The molecule has 0 radical (unpaired) electrons. The van der Waals surface area contributed by atoms with Crippen LogP contribution in [0.4, 0.5) is 0 Å². The fourth-order valence-electron chi connectivity index (χ4n) is 4.04. The van der Waals surface area contributed by atoms with E-state index in [-0.39, 0.29) is 0 Å². The lowest BCUT2D eigenvalue weighted by Crippen LogP contribution is -2.05. The summed E-state index contributed by atoms with van der Waals surface area (Å²) in [4.78, 5) is 27.1. The molecule has 0 aliphatic heterocycles. The number of hydrogen-bond donors (Lipinski definition) is 0. The Kier molecular flexibility index (Phi) is 4.94. The molecule has 0 N–H and O–H groups in total. The van der Waals surface area contributed by atoms with Crippen LogP contribution >= 0.6 is 0 Å². The smallest absolute Gasteiger partial charge is 0.227 e. The van der Waals surface area contributed by atoms with Gasteiger partial charge in [-0.25, -0.2) is 34.6 Å². The van der Waals surface area contributed by atoms with E-state index in [1.807, 2.05) is 29.8 Å². The van der Waals surface area contributed by atoms with Gasteiger partial charge in [0.25, 0.3) is 0 Å². The molecule has 1 aliphatic carbocycles. The lowest BCUT2D eigenvalue weighted by atomic mass is 10.1. The van der Waals surface area contributed by atoms with Crippen molar-refractivity contribution in [2.75, 3.05) is 7.11 Å². The van der Waals surface area contributed by atoms with E-state index >= 15 is 0 Å². The first-order valence-electron chi connectivity index (χ1n) is 11.2. The van der Waals surface area contributed by atoms with Gasteiger partial charge in [0, 0.05) is 29.6 Å². The zero-order valence-electron chi connectivity index (χ0n) is 18.9. The van der Waals surface area contributed by atoms with Crippen LogP contribution in [0.5, 0.6) is 5.88 Å². The first kappa shape index (κ1) is 20.3. The Morgan fingerprint density at radius 3 is 2.56 bits per heavy atom. The monoisotopic (exact) mass is 450 g/mol. The van der Waals surface area contributed by atoms with Crippen molar-refractivity contribution in [3.63, 3.8) is 0 Å². The second-order valence-corrected chi connectivity index (χ2v) is 8.41. The Morgan fingerprint density at radius 1 is 0.941 bits per heavy atom. The minimum Gasteiger partial charge on any atom is -0.480 e. The van der Waals surface area contributed by atoms with Crippen LogP contribution in [0.25, 0.3) is 33.8 Å². The van der Waals surface area contributed by atoms with E-state index in [2.05, 4.69) is 42.2 Å². The highest BCUT2D eigenvalue weighted by Gasteiger charge is 2.31. The molecule has 1 fully saturated rings. The molecule has 9 nitrogen and oxygen atoms in total. The zero-order valence-corrected chi connectivity index (χ0v) is 18.9. The number of rotatable bonds is 6. The lowest BCUT2D eigenvalue weighted by molar-refractivity contribution is 0.397. The van der Waals surface area contributed by atoms with Crippen molar-refractivity contribution < 1.29 is 4.74 Å². The number of methoxy groups -OCH3 is 1. The summed E-state index contributed by atoms with van der Waals surface area (Å²) in [5.74, 6) is 2.18. The summed E-state index contributed by atoms with van der Waals surface area (Å²) >= 11 is 0. The fourth-order valence-corrected chi connectivity index (χ4v) is 4.04. The van der Waals surface area contributed by atoms with Gasteiger partial charge in [0.1, 0.15) is 11.9 Å². The molecule has 4 heterocycles. The summed E-state index contributed by atoms with van der Waals surface area (Å²) < 4.78 is 7.41. The Balaban J connectivity index is 1.34. The van der Waals surface area contributed by atoms with Crippen LogP contribution in [0.3, 0.4) is 0 Å². The molecule has 0 spiro atoms. The van der Waals surface area contributed by atoms with Crippen molar-refractivity contribution in [1.82, 2.24) is 39.7 Å². The standard InChI is InChI=1S/C25H22N8O/c1-15-9-10-26-22(31-15)18-5-3-16(4-6-18)13-33-24-19(12-30-33)11-27-23(32-24)20-21(17-7-8-17)28-14-29-25(20)34-2/h3-6,9-12,14,17H,7-8,13H2,1-2H3. The van der Waals surface area contributed by atoms with Gasteiger partial charge in [-0.3, -0.25) is 0 Å². The molecule has 4 aromatic heterocycles. The van der Waals surface area contributed by atoms with Gasteiger partial charge in [0.15, 0.2) is 17.3 Å². The SMILES string of the molecule is COc1ncnc(C2CC2)c1-c1ncc2cnn(Cc3ccc(-c4nccc(C)n4)cc3)c2n1. The number of aromatic nitrogens is 8. The van der Waals surface area contributed by atoms with Crippen molar-refractivity contribution in [3.05, 3.63) is 72.2 Å². The predicted octanol–water partition coefficient (Wildman–Crippen LogP) is 3.98. The summed E-state index contributed by atoms with van der Waals surface area (Å²) in [6.45, 7) is 2.54. The summed E-state index contributed by atoms with van der Waals surface area (Å²) in [6.07, 6.45) is 9.12. The number of aryl methyl sites for hydroxylation is 1. The Bertz CT molecular complexity index is 1490. The van der Waals surface area contributed by atoms with Crippen molar-refractivity contribution in [3.8, 4) is 28.7 Å². The number of ether oxygens (including phenoxy) is 1. The van der Waals surface area contributed by atoms with E-state index in [9.17, 15) is 0 Å². The quantitative estimate of drug-likeness (QED) is 0.383. The van der Waals surface area contributed by atoms with Crippen LogP contribution < -0.4 is 4.74 Å². The summed E-state index contributed by atoms with van der Waals surface area (Å²) in [7, 11) is 1.61. The molecule has 34 heavy (non-hydrogen) atoms. The Hall–Kier alpha value is -4.27. The molecular formula is C25H22N8O. The molecular weight excluding hydrogens is 428 g/mol. The molecule has 5 aromatic rings. The Morgan fingerprint density at radius 2 is 1.79 bits per heavy atom. The number of hydrogen-bond acceptors (Lipinski definition) is 8. The molecule has 9 heteroatoms. The van der Waals surface area contributed by atoms with Crippen LogP contribution in [-0.2, 0) is 6.54 Å². The van der Waals surface area contributed by atoms with Crippen LogP contribution in [0.1, 0.15) is 35.7 Å². The minimum absolute atomic E-state index is 0.409. The van der Waals surface area contributed by atoms with E-state index in [1.165, 1.54) is 0 Å². The van der Waals surface area contributed by atoms with E-state index in [4.69, 9.17) is 9.72 Å². The normalized spacial score (nSPS) is 13.4. The van der Waals surface area contributed by atoms with E-state index in [0.717, 1.165) is 57.8 Å². The van der Waals surface area contributed by atoms with E-state index in [1.54, 1.807) is 32.0 Å². The topological polar surface area (TPSA) is 104 Å². The summed E-state index contributed by atoms with van der Waals surface area (Å²) in [5.41, 5.74) is 5.49. The molecule has 0 unspecified atom stereocenters. The van der Waals surface area contributed by atoms with Gasteiger partial charge in [-0.2, -0.15) is 5.10 Å². The summed E-state index contributed by atoms with van der Waals surface area (Å²) in [5, 5.41) is 5.43. The Labute approximate surface area is 196 Å². The molecule has 0 saturated heterocycles. The summed E-state index contributed by atoms with van der Waals surface area (Å²) in [6, 6.07) is 10.1. The first-order valence-corrected chi connectivity index (χ1v) is 11.2. The molecule has 168 valence electrons. The van der Waals surface area contributed by atoms with Gasteiger partial charge in [0.05, 0.1) is 30.9 Å². The van der Waals surface area contributed by atoms with Gasteiger partial charge in [-0.1, -0.05) is 24.3 Å². The third-order valence-corrected chi connectivity index (χ3v) is 5.94. The average Bonchev–Trinajstić information content (AvgIpc) is 3.65. The number of benzene rings is 1. The van der Waals surface area contributed by atoms with Gasteiger partial charge in [-0.05, 0) is 31.4 Å². The molecule has 0 amide bonds. The van der Waals surface area contributed by atoms with Crippen LogP contribution in [-0.4, -0.2) is 46.8 Å². The second kappa shape index (κ2) is 8.26. The second-order valence-electron chi connectivity index (χ2n) is 8.41. The first-order chi connectivity index (χ1) is 16.7. The number of nitrogens with zero attached hydrogens (tertiary/aromatic N) is 8. The van der Waals surface area contributed by atoms with Crippen molar-refractivity contribution in [2.24, 2.45) is 0 Å². The van der Waals surface area contributed by atoms with Gasteiger partial charge < -0.3 is 4.74 Å². The highest BCUT2D eigenvalue weighted by molar-refractivity contribution is 5.77. The zero-order chi connectivity index (χ0) is 23.1. The molecule has 1 aliphatic rings.